The van der Waals surface area contributed by atoms with Gasteiger partial charge in [-0.05, 0) is 0 Å². The van der Waals surface area contributed by atoms with Crippen molar-refractivity contribution < 1.29 is 0 Å². The Bertz CT molecular complexity index is 494. The molecule has 0 atom stereocenters. The van der Waals surface area contributed by atoms with Crippen LogP contribution >= 0.6 is 0 Å². The fourth-order valence-electron chi connectivity index (χ4n) is 1.39. The van der Waals surface area contributed by atoms with Crippen molar-refractivity contribution in [3.8, 4) is 0 Å². The fourth-order valence-corrected chi connectivity index (χ4v) is 5.38. The molecule has 1 nitrogen and oxygen atoms in total. The monoisotopic (exact) mass is 369 g/mol. The molecule has 0 fully saturated rings. The summed E-state index contributed by atoms with van der Waals surface area (Å²) in [6.45, 7) is 0.670. The molecule has 0 saturated heterocycles. The third-order valence-electron chi connectivity index (χ3n) is 2.26. The summed E-state index contributed by atoms with van der Waals surface area (Å²) in [7, 11) is 0. The van der Waals surface area contributed by atoms with Crippen molar-refractivity contribution in [2.45, 2.75) is 0 Å². The molecule has 0 spiro atoms. The molecule has 2 aromatic carbocycles. The molecule has 2 N–H and O–H groups in total. The maximum atomic E-state index is 5.84. The van der Waals surface area contributed by atoms with Gasteiger partial charge in [-0.25, -0.2) is 0 Å². The second kappa shape index (κ2) is 7.58. The van der Waals surface area contributed by atoms with Gasteiger partial charge in [0.1, 0.15) is 0 Å². The zero-order valence-electron chi connectivity index (χ0n) is 9.95. The molecule has 2 rings (SSSR count). The van der Waals surface area contributed by atoms with E-state index in [1.165, 1.54) is 13.4 Å². The number of hydrogen-bond acceptors (Lipinski definition) is 1. The second-order valence-corrected chi connectivity index (χ2v) is 8.13. The third-order valence-corrected chi connectivity index (χ3v) is 7.22. The zero-order valence-corrected chi connectivity index (χ0v) is 13.4. The minimum absolute atomic E-state index is 0.368. The third kappa shape index (κ3) is 4.45. The summed E-state index contributed by atoms with van der Waals surface area (Å²) in [5.74, 6) is 0. The van der Waals surface area contributed by atoms with E-state index in [0.717, 1.165) is 0 Å². The van der Waals surface area contributed by atoms with Gasteiger partial charge in [-0.15, -0.1) is 0 Å². The van der Waals surface area contributed by atoms with E-state index in [2.05, 4.69) is 65.6 Å². The van der Waals surface area contributed by atoms with E-state index in [-0.39, 0.29) is 0 Å². The van der Waals surface area contributed by atoms with Gasteiger partial charge in [0.25, 0.3) is 0 Å². The first kappa shape index (κ1) is 13.6. The number of nitrogens with two attached hydrogens (primary N) is 1. The quantitative estimate of drug-likeness (QED) is 0.780. The molecule has 0 amide bonds. The Morgan fingerprint density at radius 2 is 1.44 bits per heavy atom. The first-order valence-corrected chi connectivity index (χ1v) is 9.28. The van der Waals surface area contributed by atoms with E-state index < -0.39 is 0 Å². The van der Waals surface area contributed by atoms with Gasteiger partial charge in [0.05, 0.1) is 0 Å². The van der Waals surface area contributed by atoms with Gasteiger partial charge in [0.15, 0.2) is 0 Å². The summed E-state index contributed by atoms with van der Waals surface area (Å²) in [6.07, 6.45) is 0. The van der Waals surface area contributed by atoms with Crippen LogP contribution in [0.1, 0.15) is 0 Å². The Morgan fingerprint density at radius 1 is 0.889 bits per heavy atom. The molecule has 3 heteroatoms. The number of rotatable bonds is 5. The topological polar surface area (TPSA) is 26.0 Å². The van der Waals surface area contributed by atoms with Gasteiger partial charge in [0.2, 0.25) is 0 Å². The SMILES string of the molecule is NC/C(=C/[Se]c1ccccc1)[Se]c1ccccc1. The van der Waals surface area contributed by atoms with Crippen LogP contribution in [0.3, 0.4) is 0 Å². The van der Waals surface area contributed by atoms with E-state index in [0.29, 0.717) is 36.5 Å². The van der Waals surface area contributed by atoms with Crippen molar-refractivity contribution in [3.63, 3.8) is 0 Å². The summed E-state index contributed by atoms with van der Waals surface area (Å²) in [5.41, 5.74) is 5.84. The van der Waals surface area contributed by atoms with Crippen LogP contribution in [-0.2, 0) is 0 Å². The summed E-state index contributed by atoms with van der Waals surface area (Å²) in [4.78, 5) is 2.34. The van der Waals surface area contributed by atoms with E-state index in [9.17, 15) is 0 Å². The first-order valence-electron chi connectivity index (χ1n) is 5.72. The van der Waals surface area contributed by atoms with Crippen molar-refractivity contribution in [2.24, 2.45) is 5.73 Å². The summed E-state index contributed by atoms with van der Waals surface area (Å²) in [6, 6.07) is 21.2. The van der Waals surface area contributed by atoms with Gasteiger partial charge >= 0.3 is 121 Å². The second-order valence-electron chi connectivity index (χ2n) is 3.63. The van der Waals surface area contributed by atoms with Crippen LogP contribution in [0.25, 0.3) is 0 Å². The van der Waals surface area contributed by atoms with E-state index in [4.69, 9.17) is 5.73 Å². The van der Waals surface area contributed by atoms with E-state index in [1.54, 1.807) is 0 Å². The van der Waals surface area contributed by atoms with E-state index >= 15 is 0 Å². The molecular formula is C15H15NSe2. The van der Waals surface area contributed by atoms with Gasteiger partial charge in [-0.3, -0.25) is 0 Å². The Kier molecular flexibility index (Phi) is 5.73. The normalized spacial score (nSPS) is 11.5. The maximum absolute atomic E-state index is 5.84. The number of benzene rings is 2. The molecule has 0 saturated carbocycles. The van der Waals surface area contributed by atoms with Crippen molar-refractivity contribution in [2.75, 3.05) is 6.54 Å². The van der Waals surface area contributed by atoms with Gasteiger partial charge in [-0.2, -0.15) is 0 Å². The molecular weight excluding hydrogens is 352 g/mol. The van der Waals surface area contributed by atoms with Crippen molar-refractivity contribution in [1.82, 2.24) is 0 Å². The molecule has 0 aromatic heterocycles. The van der Waals surface area contributed by atoms with Crippen molar-refractivity contribution in [1.29, 1.82) is 0 Å². The standard InChI is InChI=1S/C15H15NSe2/c16-11-15(18-14-9-5-2-6-10-14)12-17-13-7-3-1-4-8-13/h1-10,12H,11,16H2/b15-12-. The van der Waals surface area contributed by atoms with Crippen molar-refractivity contribution in [3.05, 3.63) is 70.1 Å². The first-order chi connectivity index (χ1) is 8.88. The molecule has 2 aromatic rings. The van der Waals surface area contributed by atoms with Crippen LogP contribution in [0.5, 0.6) is 0 Å². The Morgan fingerprint density at radius 3 is 2.00 bits per heavy atom. The zero-order chi connectivity index (χ0) is 12.6. The molecule has 0 heterocycles. The van der Waals surface area contributed by atoms with Crippen LogP contribution in [0.15, 0.2) is 70.1 Å². The van der Waals surface area contributed by atoms with Gasteiger partial charge < -0.3 is 0 Å². The summed E-state index contributed by atoms with van der Waals surface area (Å²) in [5, 5.41) is 0. The summed E-state index contributed by atoms with van der Waals surface area (Å²) >= 11 is 0.763. The molecule has 0 radical (unpaired) electrons. The predicted octanol–water partition coefficient (Wildman–Crippen LogP) is 0.846. The average molecular weight is 367 g/mol. The fraction of sp³-hybridized carbons (Fsp3) is 0.0667. The Hall–Kier alpha value is -0.821. The predicted molar refractivity (Wildman–Crippen MR) is 80.8 cm³/mol. The Labute approximate surface area is 121 Å². The number of hydrogen-bond donors (Lipinski definition) is 1. The molecule has 0 aliphatic heterocycles. The Balaban J connectivity index is 2.00. The van der Waals surface area contributed by atoms with Crippen LogP contribution in [-0.4, -0.2) is 36.5 Å². The minimum atomic E-state index is 0.368. The summed E-state index contributed by atoms with van der Waals surface area (Å²) < 4.78 is 4.18. The molecule has 0 aliphatic rings. The van der Waals surface area contributed by atoms with Gasteiger partial charge in [-0.1, -0.05) is 0 Å². The average Bonchev–Trinajstić information content (AvgIpc) is 2.45. The van der Waals surface area contributed by atoms with Crippen LogP contribution in [0.4, 0.5) is 0 Å². The van der Waals surface area contributed by atoms with Crippen molar-refractivity contribution >= 4 is 38.8 Å². The molecule has 0 unspecified atom stereocenters. The van der Waals surface area contributed by atoms with Crippen LogP contribution < -0.4 is 14.7 Å². The van der Waals surface area contributed by atoms with Gasteiger partial charge in [0, 0.05) is 0 Å². The molecule has 0 bridgehead atoms. The van der Waals surface area contributed by atoms with Crippen LogP contribution in [0.2, 0.25) is 0 Å². The van der Waals surface area contributed by atoms with Crippen LogP contribution in [0, 0.1) is 0 Å². The van der Waals surface area contributed by atoms with E-state index in [1.807, 2.05) is 0 Å². The molecule has 92 valence electrons. The molecule has 18 heavy (non-hydrogen) atoms. The molecule has 0 aliphatic carbocycles.